The van der Waals surface area contributed by atoms with Gasteiger partial charge in [0.15, 0.2) is 0 Å². The van der Waals surface area contributed by atoms with Gasteiger partial charge in [-0.2, -0.15) is 0 Å². The molecule has 0 fully saturated rings. The number of hydrogen-bond donors (Lipinski definition) is 1. The van der Waals surface area contributed by atoms with Gasteiger partial charge < -0.3 is 9.88 Å². The maximum absolute atomic E-state index is 11.7. The molecule has 0 aliphatic heterocycles. The van der Waals surface area contributed by atoms with Gasteiger partial charge in [0.05, 0.1) is 15.6 Å². The van der Waals surface area contributed by atoms with Crippen LogP contribution in [-0.2, 0) is 6.54 Å². The van der Waals surface area contributed by atoms with E-state index in [-0.39, 0.29) is 22.3 Å². The van der Waals surface area contributed by atoms with Gasteiger partial charge in [-0.1, -0.05) is 6.58 Å². The molecule has 7 heteroatoms. The van der Waals surface area contributed by atoms with Crippen LogP contribution in [0.15, 0.2) is 33.7 Å². The summed E-state index contributed by atoms with van der Waals surface area (Å²) >= 11 is 3.01. The predicted octanol–water partition coefficient (Wildman–Crippen LogP) is 1.29. The van der Waals surface area contributed by atoms with Gasteiger partial charge in [-0.15, -0.1) is 0 Å². The molecule has 0 radical (unpaired) electrons. The fourth-order valence-corrected chi connectivity index (χ4v) is 1.81. The van der Waals surface area contributed by atoms with Crippen LogP contribution in [0.3, 0.4) is 0 Å². The van der Waals surface area contributed by atoms with E-state index in [0.29, 0.717) is 6.54 Å². The molecular formula is C10H12BrN3O3. The molecule has 1 aromatic rings. The van der Waals surface area contributed by atoms with E-state index in [0.717, 1.165) is 5.57 Å². The Balaban J connectivity index is 3.10. The lowest BCUT2D eigenvalue weighted by Gasteiger charge is -2.08. The molecule has 0 unspecified atom stereocenters. The first kappa shape index (κ1) is 13.6. The van der Waals surface area contributed by atoms with Crippen LogP contribution in [0.1, 0.15) is 0 Å². The van der Waals surface area contributed by atoms with Gasteiger partial charge >= 0.3 is 0 Å². The van der Waals surface area contributed by atoms with Crippen molar-refractivity contribution in [2.24, 2.45) is 0 Å². The van der Waals surface area contributed by atoms with Crippen LogP contribution in [0.25, 0.3) is 0 Å². The summed E-state index contributed by atoms with van der Waals surface area (Å²) in [4.78, 5) is 21.8. The average molecular weight is 302 g/mol. The second kappa shape index (κ2) is 5.74. The number of nitrogens with zero attached hydrogens (tertiary/aromatic N) is 2. The van der Waals surface area contributed by atoms with Crippen LogP contribution in [-0.4, -0.2) is 23.1 Å². The molecule has 0 amide bonds. The number of nitrogens with one attached hydrogen (secondary N) is 1. The summed E-state index contributed by atoms with van der Waals surface area (Å²) in [6, 6.07) is 1.19. The van der Waals surface area contributed by atoms with Gasteiger partial charge in [-0.05, 0) is 28.6 Å². The minimum Gasteiger partial charge on any atom is -0.316 e. The summed E-state index contributed by atoms with van der Waals surface area (Å²) in [6.07, 6.45) is 1.22. The maximum atomic E-state index is 11.7. The number of rotatable bonds is 5. The molecular weight excluding hydrogens is 290 g/mol. The second-order valence-electron chi connectivity index (χ2n) is 3.52. The number of likely N-dealkylation sites (N-methyl/N-ethyl adjacent to an activating group) is 1. The first-order valence-electron chi connectivity index (χ1n) is 4.81. The molecule has 0 aliphatic carbocycles. The smallest absolute Gasteiger partial charge is 0.286 e. The molecule has 0 aromatic carbocycles. The molecule has 0 bridgehead atoms. The molecule has 1 N–H and O–H groups in total. The van der Waals surface area contributed by atoms with E-state index < -0.39 is 4.92 Å². The Labute approximate surface area is 106 Å². The Morgan fingerprint density at radius 1 is 1.71 bits per heavy atom. The SMILES string of the molecule is C=C(CNC)Cn1cc([N+](=O)[O-])cc(Br)c1=O. The van der Waals surface area contributed by atoms with Gasteiger partial charge in [0.1, 0.15) is 0 Å². The van der Waals surface area contributed by atoms with Gasteiger partial charge in [-0.25, -0.2) is 0 Å². The molecule has 0 atom stereocenters. The molecule has 0 saturated carbocycles. The summed E-state index contributed by atoms with van der Waals surface area (Å²) in [5.41, 5.74) is 0.323. The van der Waals surface area contributed by atoms with Crippen LogP contribution in [0.2, 0.25) is 0 Å². The highest BCUT2D eigenvalue weighted by Gasteiger charge is 2.12. The third-order valence-corrected chi connectivity index (χ3v) is 2.63. The molecule has 0 saturated heterocycles. The van der Waals surface area contributed by atoms with E-state index in [2.05, 4.69) is 27.8 Å². The maximum Gasteiger partial charge on any atom is 0.286 e. The fourth-order valence-electron chi connectivity index (χ4n) is 1.35. The summed E-state index contributed by atoms with van der Waals surface area (Å²) < 4.78 is 1.44. The molecule has 6 nitrogen and oxygen atoms in total. The molecule has 1 aromatic heterocycles. The normalized spacial score (nSPS) is 10.2. The Kier molecular flexibility index (Phi) is 4.59. The van der Waals surface area contributed by atoms with E-state index in [9.17, 15) is 14.9 Å². The highest BCUT2D eigenvalue weighted by atomic mass is 79.9. The lowest BCUT2D eigenvalue weighted by atomic mass is 10.3. The largest absolute Gasteiger partial charge is 0.316 e. The third kappa shape index (κ3) is 3.50. The summed E-state index contributed by atoms with van der Waals surface area (Å²) in [6.45, 7) is 4.58. The van der Waals surface area contributed by atoms with E-state index in [4.69, 9.17) is 0 Å². The van der Waals surface area contributed by atoms with E-state index >= 15 is 0 Å². The van der Waals surface area contributed by atoms with Crippen molar-refractivity contribution < 1.29 is 4.92 Å². The number of pyridine rings is 1. The molecule has 1 rings (SSSR count). The Hall–Kier alpha value is -1.47. The topological polar surface area (TPSA) is 77.2 Å². The van der Waals surface area contributed by atoms with E-state index in [1.807, 2.05) is 0 Å². The van der Waals surface area contributed by atoms with Crippen molar-refractivity contribution in [3.8, 4) is 0 Å². The second-order valence-corrected chi connectivity index (χ2v) is 4.37. The molecule has 0 spiro atoms. The van der Waals surface area contributed by atoms with Crippen molar-refractivity contribution in [1.29, 1.82) is 0 Å². The van der Waals surface area contributed by atoms with Gasteiger partial charge in [0, 0.05) is 19.2 Å². The van der Waals surface area contributed by atoms with Crippen molar-refractivity contribution in [2.45, 2.75) is 6.54 Å². The first-order chi connectivity index (χ1) is 7.95. The number of nitro groups is 1. The van der Waals surface area contributed by atoms with E-state index in [1.54, 1.807) is 7.05 Å². The van der Waals surface area contributed by atoms with Crippen LogP contribution >= 0.6 is 15.9 Å². The average Bonchev–Trinajstić information content (AvgIpc) is 2.24. The minimum absolute atomic E-state index is 0.131. The molecule has 1 heterocycles. The van der Waals surface area contributed by atoms with Crippen molar-refractivity contribution >= 4 is 21.6 Å². The zero-order valence-electron chi connectivity index (χ0n) is 9.27. The third-order valence-electron chi connectivity index (χ3n) is 2.06. The summed E-state index contributed by atoms with van der Waals surface area (Å²) in [7, 11) is 1.76. The standard InChI is InChI=1S/C10H12BrN3O3/c1-7(4-12-2)5-13-6-8(14(16)17)3-9(11)10(13)15/h3,6,12H,1,4-5H2,2H3. The van der Waals surface area contributed by atoms with Crippen LogP contribution in [0.4, 0.5) is 5.69 Å². The molecule has 0 aliphatic rings. The zero-order valence-corrected chi connectivity index (χ0v) is 10.9. The molecule has 17 heavy (non-hydrogen) atoms. The zero-order chi connectivity index (χ0) is 13.0. The van der Waals surface area contributed by atoms with Gasteiger partial charge in [0.2, 0.25) is 0 Å². The quantitative estimate of drug-likeness (QED) is 0.505. The monoisotopic (exact) mass is 301 g/mol. The van der Waals surface area contributed by atoms with E-state index in [1.165, 1.54) is 16.8 Å². The van der Waals surface area contributed by atoms with Crippen molar-refractivity contribution in [1.82, 2.24) is 9.88 Å². The number of aromatic nitrogens is 1. The lowest BCUT2D eigenvalue weighted by molar-refractivity contribution is -0.385. The van der Waals surface area contributed by atoms with Crippen molar-refractivity contribution in [3.05, 3.63) is 49.4 Å². The first-order valence-corrected chi connectivity index (χ1v) is 5.60. The van der Waals surface area contributed by atoms with Crippen molar-refractivity contribution in [3.63, 3.8) is 0 Å². The van der Waals surface area contributed by atoms with Gasteiger partial charge in [0.25, 0.3) is 11.2 Å². The van der Waals surface area contributed by atoms with Gasteiger partial charge in [-0.3, -0.25) is 14.9 Å². The predicted molar refractivity (Wildman–Crippen MR) is 68.1 cm³/mol. The summed E-state index contributed by atoms with van der Waals surface area (Å²) in [5, 5.41) is 13.6. The minimum atomic E-state index is -0.540. The Morgan fingerprint density at radius 3 is 2.88 bits per heavy atom. The number of hydrogen-bond acceptors (Lipinski definition) is 4. The highest BCUT2D eigenvalue weighted by molar-refractivity contribution is 9.10. The highest BCUT2D eigenvalue weighted by Crippen LogP contribution is 2.14. The van der Waals surface area contributed by atoms with Crippen LogP contribution in [0.5, 0.6) is 0 Å². The fraction of sp³-hybridized carbons (Fsp3) is 0.300. The molecule has 92 valence electrons. The van der Waals surface area contributed by atoms with Crippen molar-refractivity contribution in [2.75, 3.05) is 13.6 Å². The lowest BCUT2D eigenvalue weighted by Crippen LogP contribution is -2.24. The summed E-state index contributed by atoms with van der Waals surface area (Å²) in [5.74, 6) is 0. The van der Waals surface area contributed by atoms with Crippen LogP contribution < -0.4 is 10.9 Å². The van der Waals surface area contributed by atoms with Crippen LogP contribution in [0, 0.1) is 10.1 Å². The number of halogens is 1. The Morgan fingerprint density at radius 2 is 2.35 bits per heavy atom. The Bertz CT molecular complexity index is 510.